The van der Waals surface area contributed by atoms with Gasteiger partial charge in [0.05, 0.1) is 0 Å². The van der Waals surface area contributed by atoms with Crippen LogP contribution in [0.25, 0.3) is 0 Å². The maximum atomic E-state index is 7.80. The zero-order chi connectivity index (χ0) is 34.0. The summed E-state index contributed by atoms with van der Waals surface area (Å²) in [6, 6.07) is 22.5. The number of hydrogen-bond donors (Lipinski definition) is 0. The molecule has 0 aliphatic heterocycles. The summed E-state index contributed by atoms with van der Waals surface area (Å²) in [6.07, 6.45) is 4.10. The number of benzene rings is 2. The molecule has 0 N–H and O–H groups in total. The van der Waals surface area contributed by atoms with Crippen molar-refractivity contribution < 1.29 is 8.85 Å². The van der Waals surface area contributed by atoms with E-state index in [1.165, 1.54) is 35.2 Å². The summed E-state index contributed by atoms with van der Waals surface area (Å²) in [4.78, 5) is 0. The third kappa shape index (κ3) is 7.11. The van der Waals surface area contributed by atoms with Gasteiger partial charge in [0, 0.05) is 12.7 Å². The molecule has 0 bridgehead atoms. The Morgan fingerprint density at radius 2 is 1.33 bits per heavy atom. The predicted octanol–water partition coefficient (Wildman–Crippen LogP) is 11.4. The molecule has 0 heterocycles. The molecule has 2 saturated carbocycles. The summed E-state index contributed by atoms with van der Waals surface area (Å²) in [7, 11) is -4.66. The summed E-state index contributed by atoms with van der Waals surface area (Å²) in [6.45, 7) is 30.2. The minimum absolute atomic E-state index is 0.0279. The lowest BCUT2D eigenvalue weighted by Crippen LogP contribution is -2.67. The Balaban J connectivity index is 1.82. The monoisotopic (exact) mass is 772 g/mol. The van der Waals surface area contributed by atoms with E-state index in [9.17, 15) is 0 Å². The zero-order valence-electron chi connectivity index (χ0n) is 31.1. The van der Waals surface area contributed by atoms with Crippen molar-refractivity contribution >= 4 is 49.6 Å². The van der Waals surface area contributed by atoms with Crippen LogP contribution in [-0.2, 0) is 8.85 Å². The van der Waals surface area contributed by atoms with Crippen LogP contribution in [0.15, 0.2) is 70.3 Å². The van der Waals surface area contributed by atoms with Crippen molar-refractivity contribution in [3.8, 4) is 0 Å². The quantitative estimate of drug-likeness (QED) is 0.167. The number of fused-ring (bicyclic) bond motifs is 1. The number of allylic oxidation sites excluding steroid dienone is 1. The van der Waals surface area contributed by atoms with Gasteiger partial charge in [-0.25, -0.2) is 0 Å². The van der Waals surface area contributed by atoms with E-state index in [0.29, 0.717) is 58.2 Å². The van der Waals surface area contributed by atoms with Gasteiger partial charge in [0.1, 0.15) is 0 Å². The first-order valence-electron chi connectivity index (χ1n) is 18.3. The molecular formula is C41H65IO2Si2. The predicted molar refractivity (Wildman–Crippen MR) is 213 cm³/mol. The molecule has 2 aliphatic carbocycles. The Bertz CT molecular complexity index is 1210. The zero-order valence-corrected chi connectivity index (χ0v) is 35.3. The number of halogens is 1. The van der Waals surface area contributed by atoms with Gasteiger partial charge in [0.25, 0.3) is 8.32 Å². The summed E-state index contributed by atoms with van der Waals surface area (Å²) in [5, 5.41) is 2.73. The summed E-state index contributed by atoms with van der Waals surface area (Å²) >= 11 is 2.50. The van der Waals surface area contributed by atoms with E-state index in [2.05, 4.69) is 170 Å². The van der Waals surface area contributed by atoms with Gasteiger partial charge in [-0.15, -0.1) is 0 Å². The molecule has 2 aromatic carbocycles. The van der Waals surface area contributed by atoms with Gasteiger partial charge in [-0.05, 0) is 97.8 Å². The number of hydrogen-bond acceptors (Lipinski definition) is 2. The Hall–Kier alpha value is -0.736. The van der Waals surface area contributed by atoms with Gasteiger partial charge in [-0.3, -0.25) is 0 Å². The van der Waals surface area contributed by atoms with Crippen LogP contribution >= 0.6 is 22.6 Å². The maximum absolute atomic E-state index is 7.80. The van der Waals surface area contributed by atoms with Crippen molar-refractivity contribution in [3.63, 3.8) is 0 Å². The highest BCUT2D eigenvalue weighted by Gasteiger charge is 2.56. The van der Waals surface area contributed by atoms with Crippen molar-refractivity contribution in [2.75, 3.05) is 6.61 Å². The van der Waals surface area contributed by atoms with Crippen LogP contribution in [0.3, 0.4) is 0 Å². The molecule has 4 rings (SSSR count). The molecule has 46 heavy (non-hydrogen) atoms. The second-order valence-electron chi connectivity index (χ2n) is 17.0. The number of rotatable bonds is 11. The standard InChI is InChI=1S/C41H65IO2Si2/c1-28(2)45(29(3)4,30(5)6)44-38-24-23-31(7)40-36(38)25-32(8)39(33(9)26-42)37(40)27-43-46(41(10,11)12,34-19-15-13-16-20-34)35-21-17-14-18-22-35/h13-22,26,28-32,36-40H,23-25,27H2,1-12H3/t31-,32-,36-,37+,38-,39-,40+/m0/s1. The molecule has 0 radical (unpaired) electrons. The largest absolute Gasteiger partial charge is 0.413 e. The molecule has 5 heteroatoms. The van der Waals surface area contributed by atoms with Gasteiger partial charge >= 0.3 is 0 Å². The first-order valence-corrected chi connectivity index (χ1v) is 23.6. The Morgan fingerprint density at radius 3 is 1.76 bits per heavy atom. The van der Waals surface area contributed by atoms with E-state index in [1.807, 2.05) is 0 Å². The molecule has 2 fully saturated rings. The molecule has 0 aromatic heterocycles. The summed E-state index contributed by atoms with van der Waals surface area (Å²) in [5.41, 5.74) is 3.36. The fourth-order valence-electron chi connectivity index (χ4n) is 10.7. The van der Waals surface area contributed by atoms with E-state index in [4.69, 9.17) is 8.85 Å². The summed E-state index contributed by atoms with van der Waals surface area (Å²) < 4.78 is 17.9. The van der Waals surface area contributed by atoms with E-state index >= 15 is 0 Å². The Morgan fingerprint density at radius 1 is 0.826 bits per heavy atom. The molecule has 2 aliphatic rings. The van der Waals surface area contributed by atoms with E-state index < -0.39 is 16.6 Å². The topological polar surface area (TPSA) is 18.5 Å². The van der Waals surface area contributed by atoms with Gasteiger partial charge in [-0.2, -0.15) is 0 Å². The first kappa shape index (κ1) is 38.1. The normalized spacial score (nSPS) is 28.2. The lowest BCUT2D eigenvalue weighted by molar-refractivity contribution is -0.0807. The SMILES string of the molecule is CC(=CI)[C@H]1[C@@H](CO[Si](c2ccccc2)(c2ccccc2)C(C)(C)C)[C@H]2[C@@H](C[C@@H]1C)[C@@H](O[Si](C(C)C)(C(C)C)C(C)C)CC[C@@H]2C. The fourth-order valence-corrected chi connectivity index (χ4v) is 21.3. The van der Waals surface area contributed by atoms with Crippen LogP contribution < -0.4 is 10.4 Å². The third-order valence-corrected chi connectivity index (χ3v) is 24.5. The van der Waals surface area contributed by atoms with Crippen LogP contribution in [0, 0.1) is 35.5 Å². The van der Waals surface area contributed by atoms with Gasteiger partial charge in [0.15, 0.2) is 0 Å². The average Bonchev–Trinajstić information content (AvgIpc) is 3.00. The van der Waals surface area contributed by atoms with E-state index in [0.717, 1.165) is 6.61 Å². The highest BCUT2D eigenvalue weighted by atomic mass is 127. The van der Waals surface area contributed by atoms with Crippen LogP contribution in [-0.4, -0.2) is 29.3 Å². The lowest BCUT2D eigenvalue weighted by Gasteiger charge is -2.57. The van der Waals surface area contributed by atoms with Gasteiger partial charge in [0.2, 0.25) is 8.32 Å². The van der Waals surface area contributed by atoms with Crippen molar-refractivity contribution in [3.05, 3.63) is 70.3 Å². The van der Waals surface area contributed by atoms with Crippen LogP contribution in [0.4, 0.5) is 0 Å². The minimum atomic E-state index is -2.65. The Kier molecular flexibility index (Phi) is 12.8. The highest BCUT2D eigenvalue weighted by molar-refractivity contribution is 14.1. The molecule has 2 aromatic rings. The van der Waals surface area contributed by atoms with Crippen LogP contribution in [0.5, 0.6) is 0 Å². The minimum Gasteiger partial charge on any atom is -0.413 e. The van der Waals surface area contributed by atoms with Gasteiger partial charge in [-0.1, -0.05) is 165 Å². The van der Waals surface area contributed by atoms with Crippen molar-refractivity contribution in [1.29, 1.82) is 0 Å². The fraction of sp³-hybridized carbons (Fsp3) is 0.659. The molecule has 7 atom stereocenters. The molecule has 256 valence electrons. The highest BCUT2D eigenvalue weighted by Crippen LogP contribution is 2.56. The smallest absolute Gasteiger partial charge is 0.261 e. The maximum Gasteiger partial charge on any atom is 0.261 e. The molecule has 0 saturated heterocycles. The van der Waals surface area contributed by atoms with Crippen LogP contribution in [0.2, 0.25) is 21.7 Å². The van der Waals surface area contributed by atoms with E-state index in [-0.39, 0.29) is 5.04 Å². The first-order chi connectivity index (χ1) is 21.6. The van der Waals surface area contributed by atoms with Crippen molar-refractivity contribution in [2.45, 2.75) is 130 Å². The molecule has 0 unspecified atom stereocenters. The lowest BCUT2D eigenvalue weighted by atomic mass is 9.54. The van der Waals surface area contributed by atoms with Crippen LogP contribution in [0.1, 0.15) is 102 Å². The third-order valence-electron chi connectivity index (χ3n) is 12.4. The molecule has 0 spiro atoms. The second-order valence-corrected chi connectivity index (χ2v) is 27.3. The molecule has 2 nitrogen and oxygen atoms in total. The van der Waals surface area contributed by atoms with Gasteiger partial charge < -0.3 is 8.85 Å². The van der Waals surface area contributed by atoms with Crippen molar-refractivity contribution in [1.82, 2.24) is 0 Å². The Labute approximate surface area is 299 Å². The summed E-state index contributed by atoms with van der Waals surface area (Å²) in [5.74, 6) is 3.46. The molecular weight excluding hydrogens is 708 g/mol. The average molecular weight is 773 g/mol. The van der Waals surface area contributed by atoms with E-state index in [1.54, 1.807) is 0 Å². The molecule has 0 amide bonds. The second kappa shape index (κ2) is 15.4. The van der Waals surface area contributed by atoms with Crippen molar-refractivity contribution in [2.24, 2.45) is 35.5 Å².